The molecule has 0 aliphatic rings. The summed E-state index contributed by atoms with van der Waals surface area (Å²) in [4.78, 5) is 12.0. The molecule has 0 aliphatic carbocycles. The van der Waals surface area contributed by atoms with Crippen LogP contribution in [0.1, 0.15) is 5.76 Å². The van der Waals surface area contributed by atoms with Gasteiger partial charge in [0.25, 0.3) is 0 Å². The van der Waals surface area contributed by atoms with E-state index in [4.69, 9.17) is 4.42 Å². The number of aromatic nitrogens is 3. The average Bonchev–Trinajstić information content (AvgIpc) is 2.93. The van der Waals surface area contributed by atoms with Crippen LogP contribution in [0, 0.1) is 6.92 Å². The first-order valence-corrected chi connectivity index (χ1v) is 5.36. The number of H-pyrrole nitrogens is 1. The molecule has 2 N–H and O–H groups in total. The van der Waals surface area contributed by atoms with Crippen molar-refractivity contribution < 1.29 is 4.42 Å². The molecular weight excluding hydrogens is 216 g/mol. The maximum Gasteiger partial charge on any atom is 0.180 e. The lowest BCUT2D eigenvalue weighted by molar-refractivity contribution is 0.534. The number of aryl methyl sites for hydroxylation is 1. The molecule has 17 heavy (non-hydrogen) atoms. The largest absolute Gasteiger partial charge is 0.469 e. The van der Waals surface area contributed by atoms with Crippen molar-refractivity contribution in [3.8, 4) is 11.4 Å². The first kappa shape index (κ1) is 9.89. The molecule has 0 saturated carbocycles. The second kappa shape index (κ2) is 3.62. The summed E-state index contributed by atoms with van der Waals surface area (Å²) in [5.74, 6) is 2.45. The Bertz CT molecular complexity index is 668. The van der Waals surface area contributed by atoms with Crippen molar-refractivity contribution in [1.82, 2.24) is 15.0 Å². The van der Waals surface area contributed by atoms with E-state index < -0.39 is 0 Å². The molecule has 3 aromatic heterocycles. The van der Waals surface area contributed by atoms with Crippen LogP contribution in [0.15, 0.2) is 28.9 Å². The molecule has 3 aromatic rings. The lowest BCUT2D eigenvalue weighted by atomic mass is 10.3. The van der Waals surface area contributed by atoms with E-state index in [1.165, 1.54) is 0 Å². The zero-order chi connectivity index (χ0) is 11.8. The number of imidazole rings is 1. The number of furan rings is 1. The summed E-state index contributed by atoms with van der Waals surface area (Å²) in [6.45, 7) is 1.91. The predicted octanol–water partition coefficient (Wildman–Crippen LogP) is 2.57. The Morgan fingerprint density at radius 3 is 2.88 bits per heavy atom. The van der Waals surface area contributed by atoms with Crippen molar-refractivity contribution in [3.63, 3.8) is 0 Å². The molecule has 0 radical (unpaired) electrons. The van der Waals surface area contributed by atoms with Gasteiger partial charge in [0.05, 0.1) is 11.1 Å². The summed E-state index contributed by atoms with van der Waals surface area (Å²) in [7, 11) is 1.83. The van der Waals surface area contributed by atoms with Gasteiger partial charge >= 0.3 is 0 Å². The number of fused-ring (bicyclic) bond motifs is 1. The van der Waals surface area contributed by atoms with Crippen LogP contribution >= 0.6 is 0 Å². The van der Waals surface area contributed by atoms with Crippen LogP contribution in [0.25, 0.3) is 22.6 Å². The molecular formula is C12H12N4O. The minimum Gasteiger partial charge on any atom is -0.469 e. The number of rotatable bonds is 2. The standard InChI is InChI=1S/C12H12N4O/c1-7-5-8(6-17-7)11-14-9-3-4-10(13-2)15-12(9)16-11/h3-6H,1-2H3,(H2,13,14,15,16). The Balaban J connectivity index is 2.13. The zero-order valence-corrected chi connectivity index (χ0v) is 9.61. The van der Waals surface area contributed by atoms with Gasteiger partial charge in [-0.25, -0.2) is 9.97 Å². The van der Waals surface area contributed by atoms with Gasteiger partial charge in [0.15, 0.2) is 5.65 Å². The smallest absolute Gasteiger partial charge is 0.180 e. The molecule has 5 heteroatoms. The highest BCUT2D eigenvalue weighted by Crippen LogP contribution is 2.22. The fraction of sp³-hybridized carbons (Fsp3) is 0.167. The van der Waals surface area contributed by atoms with E-state index in [2.05, 4.69) is 20.3 Å². The topological polar surface area (TPSA) is 66.7 Å². The fourth-order valence-electron chi connectivity index (χ4n) is 1.74. The van der Waals surface area contributed by atoms with Crippen LogP contribution in [-0.2, 0) is 0 Å². The van der Waals surface area contributed by atoms with Gasteiger partial charge in [0.1, 0.15) is 23.7 Å². The van der Waals surface area contributed by atoms with Crippen LogP contribution in [0.3, 0.4) is 0 Å². The fourth-order valence-corrected chi connectivity index (χ4v) is 1.74. The van der Waals surface area contributed by atoms with Gasteiger partial charge in [-0.15, -0.1) is 0 Å². The number of pyridine rings is 1. The number of hydrogen-bond acceptors (Lipinski definition) is 4. The third kappa shape index (κ3) is 1.65. The number of hydrogen-bond donors (Lipinski definition) is 2. The van der Waals surface area contributed by atoms with E-state index in [1.807, 2.05) is 32.2 Å². The van der Waals surface area contributed by atoms with Crippen LogP contribution < -0.4 is 5.32 Å². The minimum absolute atomic E-state index is 0.700. The minimum atomic E-state index is 0.700. The molecule has 0 aromatic carbocycles. The second-order valence-electron chi connectivity index (χ2n) is 3.85. The quantitative estimate of drug-likeness (QED) is 0.707. The first-order chi connectivity index (χ1) is 8.26. The molecule has 0 fully saturated rings. The van der Waals surface area contributed by atoms with Crippen molar-refractivity contribution in [2.75, 3.05) is 12.4 Å². The summed E-state index contributed by atoms with van der Waals surface area (Å²) in [6.07, 6.45) is 1.69. The van der Waals surface area contributed by atoms with Gasteiger partial charge in [-0.3, -0.25) is 0 Å². The molecule has 0 aliphatic heterocycles. The number of nitrogens with zero attached hydrogens (tertiary/aromatic N) is 2. The second-order valence-corrected chi connectivity index (χ2v) is 3.85. The van der Waals surface area contributed by atoms with Gasteiger partial charge in [-0.2, -0.15) is 0 Å². The third-order valence-electron chi connectivity index (χ3n) is 2.61. The molecule has 0 saturated heterocycles. The van der Waals surface area contributed by atoms with Crippen LogP contribution in [0.5, 0.6) is 0 Å². The van der Waals surface area contributed by atoms with E-state index in [1.54, 1.807) is 6.26 Å². The summed E-state index contributed by atoms with van der Waals surface area (Å²) in [6, 6.07) is 5.80. The number of nitrogens with one attached hydrogen (secondary N) is 2. The average molecular weight is 228 g/mol. The highest BCUT2D eigenvalue weighted by atomic mass is 16.3. The van der Waals surface area contributed by atoms with Crippen LogP contribution in [0.2, 0.25) is 0 Å². The number of anilines is 1. The van der Waals surface area contributed by atoms with Gasteiger partial charge in [-0.1, -0.05) is 0 Å². The molecule has 3 heterocycles. The van der Waals surface area contributed by atoms with Crippen LogP contribution in [-0.4, -0.2) is 22.0 Å². The molecule has 0 spiro atoms. The number of aromatic amines is 1. The lowest BCUT2D eigenvalue weighted by Gasteiger charge is -1.95. The van der Waals surface area contributed by atoms with E-state index in [0.29, 0.717) is 5.65 Å². The Morgan fingerprint density at radius 1 is 1.29 bits per heavy atom. The van der Waals surface area contributed by atoms with Crippen molar-refractivity contribution in [2.45, 2.75) is 6.92 Å². The van der Waals surface area contributed by atoms with Crippen molar-refractivity contribution in [1.29, 1.82) is 0 Å². The molecule has 0 bridgehead atoms. The van der Waals surface area contributed by atoms with Crippen molar-refractivity contribution >= 4 is 17.0 Å². The van der Waals surface area contributed by atoms with Crippen molar-refractivity contribution in [3.05, 3.63) is 30.2 Å². The Hall–Kier alpha value is -2.30. The van der Waals surface area contributed by atoms with E-state index in [0.717, 1.165) is 28.5 Å². The maximum absolute atomic E-state index is 5.27. The van der Waals surface area contributed by atoms with Gasteiger partial charge < -0.3 is 14.7 Å². The highest BCUT2D eigenvalue weighted by molar-refractivity contribution is 5.77. The predicted molar refractivity (Wildman–Crippen MR) is 65.9 cm³/mol. The summed E-state index contributed by atoms with van der Waals surface area (Å²) in [5, 5.41) is 2.99. The Kier molecular flexibility index (Phi) is 2.11. The maximum atomic E-state index is 5.27. The van der Waals surface area contributed by atoms with Gasteiger partial charge in [0.2, 0.25) is 0 Å². The van der Waals surface area contributed by atoms with Crippen LogP contribution in [0.4, 0.5) is 5.82 Å². The molecule has 3 rings (SSSR count). The molecule has 0 unspecified atom stereocenters. The highest BCUT2D eigenvalue weighted by Gasteiger charge is 2.08. The SMILES string of the molecule is CNc1ccc2[nH]c(-c3coc(C)c3)nc2n1. The molecule has 0 atom stereocenters. The first-order valence-electron chi connectivity index (χ1n) is 5.36. The molecule has 86 valence electrons. The zero-order valence-electron chi connectivity index (χ0n) is 9.61. The third-order valence-corrected chi connectivity index (χ3v) is 2.61. The van der Waals surface area contributed by atoms with E-state index >= 15 is 0 Å². The summed E-state index contributed by atoms with van der Waals surface area (Å²) in [5.41, 5.74) is 2.55. The van der Waals surface area contributed by atoms with E-state index in [9.17, 15) is 0 Å². The lowest BCUT2D eigenvalue weighted by Crippen LogP contribution is -1.91. The van der Waals surface area contributed by atoms with Gasteiger partial charge in [-0.05, 0) is 25.1 Å². The normalized spacial score (nSPS) is 10.9. The summed E-state index contributed by atoms with van der Waals surface area (Å²) >= 11 is 0. The van der Waals surface area contributed by atoms with Crippen molar-refractivity contribution in [2.24, 2.45) is 0 Å². The Morgan fingerprint density at radius 2 is 2.18 bits per heavy atom. The molecule has 0 amide bonds. The molecule has 5 nitrogen and oxygen atoms in total. The monoisotopic (exact) mass is 228 g/mol. The van der Waals surface area contributed by atoms with E-state index in [-0.39, 0.29) is 0 Å². The Labute approximate surface area is 97.9 Å². The summed E-state index contributed by atoms with van der Waals surface area (Å²) < 4.78 is 5.27. The van der Waals surface area contributed by atoms with Gasteiger partial charge in [0, 0.05) is 7.05 Å².